The molecule has 1 N–H and O–H groups in total. The maximum Gasteiger partial charge on any atom is 0.224 e. The van der Waals surface area contributed by atoms with Gasteiger partial charge in [0.1, 0.15) is 11.3 Å². The van der Waals surface area contributed by atoms with Crippen molar-refractivity contribution in [1.82, 2.24) is 20.3 Å². The van der Waals surface area contributed by atoms with Gasteiger partial charge >= 0.3 is 0 Å². The van der Waals surface area contributed by atoms with Gasteiger partial charge in [0.05, 0.1) is 25.3 Å². The fraction of sp³-hybridized carbons (Fsp3) is 0.462. The Balaban J connectivity index is 2.18. The van der Waals surface area contributed by atoms with Gasteiger partial charge in [0.2, 0.25) is 11.8 Å². The molecule has 2 aromatic rings. The van der Waals surface area contributed by atoms with Crippen LogP contribution in [-0.2, 0) is 12.1 Å². The first-order valence-corrected chi connectivity index (χ1v) is 7.03. The summed E-state index contributed by atoms with van der Waals surface area (Å²) >= 11 is 1.62. The van der Waals surface area contributed by atoms with Crippen LogP contribution in [0.3, 0.4) is 0 Å². The molecule has 7 heteroatoms. The van der Waals surface area contributed by atoms with E-state index in [1.165, 1.54) is 6.33 Å². The van der Waals surface area contributed by atoms with Gasteiger partial charge in [-0.05, 0) is 13.8 Å². The molecule has 0 aliphatic heterocycles. The normalized spacial score (nSPS) is 11.4. The lowest BCUT2D eigenvalue weighted by Crippen LogP contribution is -2.36. The van der Waals surface area contributed by atoms with E-state index in [1.54, 1.807) is 31.8 Å². The van der Waals surface area contributed by atoms with E-state index >= 15 is 0 Å². The summed E-state index contributed by atoms with van der Waals surface area (Å²) < 4.78 is 10.5. The van der Waals surface area contributed by atoms with Gasteiger partial charge in [-0.25, -0.2) is 15.0 Å². The molecular formula is C13H18N4O2S. The van der Waals surface area contributed by atoms with E-state index in [4.69, 9.17) is 9.47 Å². The predicted octanol–water partition coefficient (Wildman–Crippen LogP) is 1.98. The fourth-order valence-electron chi connectivity index (χ4n) is 1.80. The Kier molecular flexibility index (Phi) is 4.51. The lowest BCUT2D eigenvalue weighted by atomic mass is 10.1. The van der Waals surface area contributed by atoms with Crippen molar-refractivity contribution < 1.29 is 9.47 Å². The SMILES string of the molecule is COc1ncnc(OC)c1CNC(C)(C)c1nccs1. The predicted molar refractivity (Wildman–Crippen MR) is 77.1 cm³/mol. The molecule has 0 radical (unpaired) electrons. The number of ether oxygens (including phenoxy) is 2. The molecule has 108 valence electrons. The molecule has 0 amide bonds. The van der Waals surface area contributed by atoms with Crippen LogP contribution in [0.15, 0.2) is 17.9 Å². The third kappa shape index (κ3) is 3.05. The first-order valence-electron chi connectivity index (χ1n) is 6.15. The molecule has 0 bridgehead atoms. The van der Waals surface area contributed by atoms with Crippen LogP contribution >= 0.6 is 11.3 Å². The third-order valence-corrected chi connectivity index (χ3v) is 4.02. The summed E-state index contributed by atoms with van der Waals surface area (Å²) in [5.41, 5.74) is 0.544. The Morgan fingerprint density at radius 1 is 1.15 bits per heavy atom. The summed E-state index contributed by atoms with van der Waals surface area (Å²) in [5, 5.41) is 6.42. The van der Waals surface area contributed by atoms with Gasteiger partial charge in [0.15, 0.2) is 0 Å². The zero-order valence-electron chi connectivity index (χ0n) is 12.0. The quantitative estimate of drug-likeness (QED) is 0.878. The van der Waals surface area contributed by atoms with Crippen molar-refractivity contribution in [2.24, 2.45) is 0 Å². The molecule has 6 nitrogen and oxygen atoms in total. The van der Waals surface area contributed by atoms with Crippen LogP contribution < -0.4 is 14.8 Å². The molecule has 0 saturated heterocycles. The van der Waals surface area contributed by atoms with Crippen molar-refractivity contribution in [3.63, 3.8) is 0 Å². The van der Waals surface area contributed by atoms with Crippen molar-refractivity contribution in [3.8, 4) is 11.8 Å². The molecule has 0 aromatic carbocycles. The monoisotopic (exact) mass is 294 g/mol. The molecule has 0 aliphatic carbocycles. The molecule has 2 heterocycles. The van der Waals surface area contributed by atoms with E-state index < -0.39 is 0 Å². The molecule has 0 saturated carbocycles. The van der Waals surface area contributed by atoms with Crippen LogP contribution in [0.1, 0.15) is 24.4 Å². The maximum absolute atomic E-state index is 5.26. The van der Waals surface area contributed by atoms with Crippen LogP contribution in [0.25, 0.3) is 0 Å². The topological polar surface area (TPSA) is 69.2 Å². The van der Waals surface area contributed by atoms with Crippen molar-refractivity contribution in [2.45, 2.75) is 25.9 Å². The standard InChI is InChI=1S/C13H18N4O2S/c1-13(2,12-14-5-6-20-12)17-7-9-10(18-3)15-8-16-11(9)19-4/h5-6,8,17H,7H2,1-4H3. The fourth-order valence-corrected chi connectivity index (χ4v) is 2.54. The molecule has 0 spiro atoms. The minimum atomic E-state index is -0.250. The van der Waals surface area contributed by atoms with Gasteiger partial charge in [-0.3, -0.25) is 0 Å². The maximum atomic E-state index is 5.26. The third-order valence-electron chi connectivity index (χ3n) is 2.93. The van der Waals surface area contributed by atoms with E-state index in [0.717, 1.165) is 10.6 Å². The number of nitrogens with one attached hydrogen (secondary N) is 1. The highest BCUT2D eigenvalue weighted by Gasteiger charge is 2.24. The number of thiazole rings is 1. The van der Waals surface area contributed by atoms with E-state index in [0.29, 0.717) is 18.3 Å². The summed E-state index contributed by atoms with van der Waals surface area (Å²) in [4.78, 5) is 12.6. The smallest absolute Gasteiger partial charge is 0.224 e. The number of rotatable bonds is 6. The summed E-state index contributed by atoms with van der Waals surface area (Å²) in [5.74, 6) is 1.03. The zero-order chi connectivity index (χ0) is 14.6. The summed E-state index contributed by atoms with van der Waals surface area (Å²) in [6, 6.07) is 0. The molecular weight excluding hydrogens is 276 g/mol. The van der Waals surface area contributed by atoms with Gasteiger partial charge in [-0.1, -0.05) is 0 Å². The second kappa shape index (κ2) is 6.15. The average Bonchev–Trinajstić information content (AvgIpc) is 2.99. The first-order chi connectivity index (χ1) is 9.58. The van der Waals surface area contributed by atoms with Crippen molar-refractivity contribution >= 4 is 11.3 Å². The van der Waals surface area contributed by atoms with Crippen LogP contribution in [0.4, 0.5) is 0 Å². The largest absolute Gasteiger partial charge is 0.481 e. The molecule has 0 aliphatic rings. The number of aromatic nitrogens is 3. The molecule has 2 aromatic heterocycles. The minimum absolute atomic E-state index is 0.250. The zero-order valence-corrected chi connectivity index (χ0v) is 12.8. The summed E-state index contributed by atoms with van der Waals surface area (Å²) in [6.07, 6.45) is 3.23. The Bertz CT molecular complexity index is 535. The molecule has 2 rings (SSSR count). The second-order valence-corrected chi connectivity index (χ2v) is 5.58. The molecule has 0 unspecified atom stereocenters. The van der Waals surface area contributed by atoms with Crippen LogP contribution in [0, 0.1) is 0 Å². The summed E-state index contributed by atoms with van der Waals surface area (Å²) in [6.45, 7) is 4.68. The molecule has 0 fully saturated rings. The summed E-state index contributed by atoms with van der Waals surface area (Å²) in [7, 11) is 3.16. The number of hydrogen-bond donors (Lipinski definition) is 1. The van der Waals surface area contributed by atoms with Crippen LogP contribution in [0.5, 0.6) is 11.8 Å². The van der Waals surface area contributed by atoms with Gasteiger partial charge in [0.25, 0.3) is 0 Å². The van der Waals surface area contributed by atoms with Gasteiger partial charge in [-0.2, -0.15) is 0 Å². The lowest BCUT2D eigenvalue weighted by Gasteiger charge is -2.24. The van der Waals surface area contributed by atoms with Gasteiger partial charge in [-0.15, -0.1) is 11.3 Å². The highest BCUT2D eigenvalue weighted by molar-refractivity contribution is 7.09. The molecule has 0 atom stereocenters. The first kappa shape index (κ1) is 14.7. The Morgan fingerprint density at radius 2 is 1.80 bits per heavy atom. The second-order valence-electron chi connectivity index (χ2n) is 4.69. The lowest BCUT2D eigenvalue weighted by molar-refractivity contribution is 0.344. The van der Waals surface area contributed by atoms with E-state index in [-0.39, 0.29) is 5.54 Å². The Hall–Kier alpha value is -1.73. The van der Waals surface area contributed by atoms with E-state index in [1.807, 2.05) is 5.38 Å². The Morgan fingerprint density at radius 3 is 2.30 bits per heavy atom. The highest BCUT2D eigenvalue weighted by atomic mass is 32.1. The van der Waals surface area contributed by atoms with E-state index in [9.17, 15) is 0 Å². The number of hydrogen-bond acceptors (Lipinski definition) is 7. The number of nitrogens with zero attached hydrogens (tertiary/aromatic N) is 3. The minimum Gasteiger partial charge on any atom is -0.481 e. The van der Waals surface area contributed by atoms with E-state index in [2.05, 4.69) is 34.1 Å². The Labute approximate surface area is 122 Å². The average molecular weight is 294 g/mol. The van der Waals surface area contributed by atoms with Gasteiger partial charge < -0.3 is 14.8 Å². The van der Waals surface area contributed by atoms with Crippen LogP contribution in [-0.4, -0.2) is 29.2 Å². The molecule has 20 heavy (non-hydrogen) atoms. The number of methoxy groups -OCH3 is 2. The highest BCUT2D eigenvalue weighted by Crippen LogP contribution is 2.27. The van der Waals surface area contributed by atoms with Gasteiger partial charge in [0, 0.05) is 18.1 Å². The van der Waals surface area contributed by atoms with Crippen molar-refractivity contribution in [2.75, 3.05) is 14.2 Å². The van der Waals surface area contributed by atoms with Crippen LogP contribution in [0.2, 0.25) is 0 Å². The van der Waals surface area contributed by atoms with Crippen molar-refractivity contribution in [3.05, 3.63) is 28.5 Å². The van der Waals surface area contributed by atoms with Crippen molar-refractivity contribution in [1.29, 1.82) is 0 Å².